The Kier molecular flexibility index (Phi) is 3.82. The molecule has 122 valence electrons. The lowest BCUT2D eigenvalue weighted by Crippen LogP contribution is -2.22. The summed E-state index contributed by atoms with van der Waals surface area (Å²) in [5.41, 5.74) is 1.67. The minimum absolute atomic E-state index is 0.0147. The SMILES string of the molecule is O=c1c2ccccc2c(-c2ccc(F)c(Cl)c2)nn1-c1ccccc1. The lowest BCUT2D eigenvalue weighted by Gasteiger charge is -2.11. The zero-order valence-corrected chi connectivity index (χ0v) is 13.7. The van der Waals surface area contributed by atoms with Gasteiger partial charge in [0.25, 0.3) is 5.56 Å². The molecule has 0 N–H and O–H groups in total. The van der Waals surface area contributed by atoms with Crippen LogP contribution in [0.1, 0.15) is 0 Å². The number of nitrogens with zero attached hydrogens (tertiary/aromatic N) is 2. The summed E-state index contributed by atoms with van der Waals surface area (Å²) in [7, 11) is 0. The molecule has 25 heavy (non-hydrogen) atoms. The number of rotatable bonds is 2. The molecule has 0 atom stereocenters. The van der Waals surface area contributed by atoms with Crippen LogP contribution in [0.3, 0.4) is 0 Å². The summed E-state index contributed by atoms with van der Waals surface area (Å²) < 4.78 is 14.9. The normalized spacial score (nSPS) is 11.0. The highest BCUT2D eigenvalue weighted by atomic mass is 35.5. The number of hydrogen-bond donors (Lipinski definition) is 0. The van der Waals surface area contributed by atoms with Crippen molar-refractivity contribution in [2.75, 3.05) is 0 Å². The molecule has 0 unspecified atom stereocenters. The third kappa shape index (κ3) is 2.71. The second-order valence-electron chi connectivity index (χ2n) is 5.58. The van der Waals surface area contributed by atoms with Crippen molar-refractivity contribution in [2.45, 2.75) is 0 Å². The third-order valence-corrected chi connectivity index (χ3v) is 4.29. The minimum atomic E-state index is -0.494. The molecule has 5 heteroatoms. The highest BCUT2D eigenvalue weighted by molar-refractivity contribution is 6.31. The van der Waals surface area contributed by atoms with Crippen LogP contribution in [-0.4, -0.2) is 9.78 Å². The van der Waals surface area contributed by atoms with Crippen LogP contribution in [0.2, 0.25) is 5.02 Å². The van der Waals surface area contributed by atoms with Crippen molar-refractivity contribution in [3.63, 3.8) is 0 Å². The van der Waals surface area contributed by atoms with Gasteiger partial charge in [-0.3, -0.25) is 4.79 Å². The summed E-state index contributed by atoms with van der Waals surface area (Å²) in [5.74, 6) is -0.494. The molecule has 0 aliphatic rings. The molecule has 0 aliphatic heterocycles. The minimum Gasteiger partial charge on any atom is -0.267 e. The Morgan fingerprint density at radius 2 is 1.56 bits per heavy atom. The second-order valence-corrected chi connectivity index (χ2v) is 5.98. The van der Waals surface area contributed by atoms with Gasteiger partial charge in [-0.05, 0) is 36.4 Å². The Labute approximate surface area is 147 Å². The van der Waals surface area contributed by atoms with Gasteiger partial charge in [-0.15, -0.1) is 0 Å². The van der Waals surface area contributed by atoms with Gasteiger partial charge >= 0.3 is 0 Å². The van der Waals surface area contributed by atoms with Crippen molar-refractivity contribution < 1.29 is 4.39 Å². The monoisotopic (exact) mass is 350 g/mol. The maximum absolute atomic E-state index is 13.5. The predicted octanol–water partition coefficient (Wildman–Crippen LogP) is 4.85. The molecule has 0 fully saturated rings. The van der Waals surface area contributed by atoms with Crippen molar-refractivity contribution in [3.8, 4) is 16.9 Å². The molecule has 0 aliphatic carbocycles. The number of fused-ring (bicyclic) bond motifs is 1. The van der Waals surface area contributed by atoms with E-state index in [2.05, 4.69) is 5.10 Å². The standard InChI is InChI=1S/C20H12ClFN2O/c21-17-12-13(10-11-18(17)22)19-15-8-4-5-9-16(15)20(25)24(23-19)14-6-2-1-3-7-14/h1-12H. The molecule has 0 saturated carbocycles. The second kappa shape index (κ2) is 6.15. The number of benzene rings is 3. The van der Waals surface area contributed by atoms with Crippen molar-refractivity contribution in [1.29, 1.82) is 0 Å². The fraction of sp³-hybridized carbons (Fsp3) is 0. The van der Waals surface area contributed by atoms with Crippen molar-refractivity contribution >= 4 is 22.4 Å². The third-order valence-electron chi connectivity index (χ3n) is 4.00. The fourth-order valence-corrected chi connectivity index (χ4v) is 2.97. The van der Waals surface area contributed by atoms with E-state index < -0.39 is 5.82 Å². The van der Waals surface area contributed by atoms with Crippen LogP contribution in [0.15, 0.2) is 77.6 Å². The molecule has 0 amide bonds. The number of hydrogen-bond acceptors (Lipinski definition) is 2. The first kappa shape index (κ1) is 15.5. The maximum atomic E-state index is 13.5. The molecule has 3 aromatic carbocycles. The van der Waals surface area contributed by atoms with Gasteiger partial charge in [0.15, 0.2) is 0 Å². The van der Waals surface area contributed by atoms with Crippen molar-refractivity contribution in [3.05, 3.63) is 94.0 Å². The maximum Gasteiger partial charge on any atom is 0.279 e. The van der Waals surface area contributed by atoms with Gasteiger partial charge in [0.1, 0.15) is 5.82 Å². The summed E-state index contributed by atoms with van der Waals surface area (Å²) in [5, 5.41) is 5.78. The first-order valence-corrected chi connectivity index (χ1v) is 8.06. The molecule has 1 heterocycles. The van der Waals surface area contributed by atoms with Crippen LogP contribution in [0.4, 0.5) is 4.39 Å². The average molecular weight is 351 g/mol. The Morgan fingerprint density at radius 3 is 2.28 bits per heavy atom. The smallest absolute Gasteiger partial charge is 0.267 e. The van der Waals surface area contributed by atoms with Crippen molar-refractivity contribution in [2.24, 2.45) is 0 Å². The Hall–Kier alpha value is -2.98. The molecular weight excluding hydrogens is 339 g/mol. The van der Waals surface area contributed by atoms with Crippen LogP contribution in [0.25, 0.3) is 27.7 Å². The van der Waals surface area contributed by atoms with Crippen LogP contribution in [0, 0.1) is 5.82 Å². The number of halogens is 2. The van der Waals surface area contributed by atoms with E-state index in [1.54, 1.807) is 18.2 Å². The lowest BCUT2D eigenvalue weighted by atomic mass is 10.0. The fourth-order valence-electron chi connectivity index (χ4n) is 2.79. The topological polar surface area (TPSA) is 34.9 Å². The molecule has 0 spiro atoms. The zero-order valence-electron chi connectivity index (χ0n) is 13.0. The van der Waals surface area contributed by atoms with Crippen molar-refractivity contribution in [1.82, 2.24) is 9.78 Å². The van der Waals surface area contributed by atoms with Gasteiger partial charge in [0, 0.05) is 10.9 Å². The van der Waals surface area contributed by atoms with E-state index in [0.717, 1.165) is 0 Å². The quantitative estimate of drug-likeness (QED) is 0.518. The van der Waals surface area contributed by atoms with Gasteiger partial charge in [-0.2, -0.15) is 9.78 Å². The molecule has 0 saturated heterocycles. The molecular formula is C20H12ClFN2O. The van der Waals surface area contributed by atoms with Crippen LogP contribution in [0.5, 0.6) is 0 Å². The van der Waals surface area contributed by atoms with Gasteiger partial charge < -0.3 is 0 Å². The van der Waals surface area contributed by atoms with Crippen LogP contribution < -0.4 is 5.56 Å². The van der Waals surface area contributed by atoms with Gasteiger partial charge in [-0.1, -0.05) is 48.0 Å². The summed E-state index contributed by atoms with van der Waals surface area (Å²) in [4.78, 5) is 12.8. The Balaban J connectivity index is 2.08. The van der Waals surface area contributed by atoms with E-state index >= 15 is 0 Å². The Morgan fingerprint density at radius 1 is 0.880 bits per heavy atom. The van der Waals surface area contributed by atoms with Gasteiger partial charge in [-0.25, -0.2) is 4.39 Å². The molecule has 3 nitrogen and oxygen atoms in total. The van der Waals surface area contributed by atoms with E-state index in [1.165, 1.54) is 16.8 Å². The largest absolute Gasteiger partial charge is 0.279 e. The molecule has 0 radical (unpaired) electrons. The summed E-state index contributed by atoms with van der Waals surface area (Å²) in [6.45, 7) is 0. The van der Waals surface area contributed by atoms with Gasteiger partial charge in [0.2, 0.25) is 0 Å². The first-order chi connectivity index (χ1) is 12.1. The van der Waals surface area contributed by atoms with E-state index in [-0.39, 0.29) is 10.6 Å². The predicted molar refractivity (Wildman–Crippen MR) is 97.7 cm³/mol. The molecule has 1 aromatic heterocycles. The lowest BCUT2D eigenvalue weighted by molar-refractivity contribution is 0.628. The van der Waals surface area contributed by atoms with E-state index in [1.807, 2.05) is 42.5 Å². The highest BCUT2D eigenvalue weighted by Crippen LogP contribution is 2.28. The summed E-state index contributed by atoms with van der Waals surface area (Å²) in [6, 6.07) is 20.8. The number of para-hydroxylation sites is 1. The van der Waals surface area contributed by atoms with Gasteiger partial charge in [0.05, 0.1) is 21.8 Å². The summed E-state index contributed by atoms with van der Waals surface area (Å²) in [6.07, 6.45) is 0. The van der Waals surface area contributed by atoms with E-state index in [4.69, 9.17) is 11.6 Å². The summed E-state index contributed by atoms with van der Waals surface area (Å²) >= 11 is 5.93. The Bertz CT molecular complexity index is 1140. The molecule has 0 bridgehead atoms. The van der Waals surface area contributed by atoms with E-state index in [9.17, 15) is 9.18 Å². The van der Waals surface area contributed by atoms with Crippen LogP contribution in [-0.2, 0) is 0 Å². The highest BCUT2D eigenvalue weighted by Gasteiger charge is 2.14. The number of aromatic nitrogens is 2. The van der Waals surface area contributed by atoms with E-state index in [0.29, 0.717) is 27.7 Å². The average Bonchev–Trinajstić information content (AvgIpc) is 2.65. The molecule has 4 aromatic rings. The molecule has 4 rings (SSSR count). The zero-order chi connectivity index (χ0) is 17.4. The van der Waals surface area contributed by atoms with Crippen LogP contribution >= 0.6 is 11.6 Å². The first-order valence-electron chi connectivity index (χ1n) is 7.68.